The highest BCUT2D eigenvalue weighted by atomic mass is 16.5. The lowest BCUT2D eigenvalue weighted by Gasteiger charge is -2.10. The lowest BCUT2D eigenvalue weighted by Crippen LogP contribution is -2.13. The van der Waals surface area contributed by atoms with Gasteiger partial charge in [0, 0.05) is 17.6 Å². The molecule has 3 aromatic heterocycles. The third-order valence-electron chi connectivity index (χ3n) is 4.43. The van der Waals surface area contributed by atoms with Crippen molar-refractivity contribution in [3.8, 4) is 11.3 Å². The van der Waals surface area contributed by atoms with Crippen LogP contribution in [-0.2, 0) is 0 Å². The topological polar surface area (TPSA) is 96.7 Å². The van der Waals surface area contributed by atoms with Crippen molar-refractivity contribution in [3.63, 3.8) is 0 Å². The van der Waals surface area contributed by atoms with E-state index in [9.17, 15) is 4.79 Å². The largest absolute Gasteiger partial charge is 0.336 e. The highest BCUT2D eigenvalue weighted by Crippen LogP contribution is 2.26. The molecule has 0 fully saturated rings. The smallest absolute Gasteiger partial charge is 0.259 e. The summed E-state index contributed by atoms with van der Waals surface area (Å²) in [5, 5.41) is 14.4. The second kappa shape index (κ2) is 6.68. The third kappa shape index (κ3) is 3.19. The number of carbonyl (C=O) groups is 1. The Labute approximate surface area is 155 Å². The number of nitrogens with one attached hydrogen (secondary N) is 2. The molecule has 136 valence electrons. The molecule has 0 radical (unpaired) electrons. The van der Waals surface area contributed by atoms with Crippen LogP contribution in [0.3, 0.4) is 0 Å². The fraction of sp³-hybridized carbons (Fsp3) is 0.200. The third-order valence-corrected chi connectivity index (χ3v) is 4.43. The van der Waals surface area contributed by atoms with Crippen molar-refractivity contribution in [3.05, 3.63) is 59.5 Å². The van der Waals surface area contributed by atoms with E-state index in [4.69, 9.17) is 4.52 Å². The highest BCUT2D eigenvalue weighted by molar-refractivity contribution is 6.12. The van der Waals surface area contributed by atoms with Gasteiger partial charge in [-0.3, -0.25) is 9.89 Å². The van der Waals surface area contributed by atoms with Gasteiger partial charge in [-0.1, -0.05) is 31.1 Å². The molecular weight excluding hydrogens is 342 g/mol. The van der Waals surface area contributed by atoms with Crippen LogP contribution in [-0.4, -0.2) is 26.2 Å². The van der Waals surface area contributed by atoms with Gasteiger partial charge in [-0.05, 0) is 42.7 Å². The summed E-state index contributed by atoms with van der Waals surface area (Å²) in [5.41, 5.74) is 4.96. The molecule has 27 heavy (non-hydrogen) atoms. The first-order valence-corrected chi connectivity index (χ1v) is 8.71. The van der Waals surface area contributed by atoms with Crippen molar-refractivity contribution in [1.29, 1.82) is 0 Å². The number of fused-ring (bicyclic) bond motifs is 1. The lowest BCUT2D eigenvalue weighted by molar-refractivity contribution is 0.102. The molecule has 0 atom stereocenters. The Hall–Kier alpha value is -3.48. The number of carbonyl (C=O) groups excluding carboxylic acids is 1. The summed E-state index contributed by atoms with van der Waals surface area (Å²) < 4.78 is 5.29. The molecule has 2 N–H and O–H groups in total. The molecule has 4 aromatic rings. The van der Waals surface area contributed by atoms with Crippen molar-refractivity contribution in [2.45, 2.75) is 26.7 Å². The molecule has 0 bridgehead atoms. The van der Waals surface area contributed by atoms with Crippen LogP contribution in [0.2, 0.25) is 0 Å². The summed E-state index contributed by atoms with van der Waals surface area (Å²) in [7, 11) is 0. The predicted molar refractivity (Wildman–Crippen MR) is 103 cm³/mol. The second-order valence-electron chi connectivity index (χ2n) is 6.70. The van der Waals surface area contributed by atoms with Crippen molar-refractivity contribution in [2.24, 2.45) is 0 Å². The number of aromatic amines is 1. The maximum absolute atomic E-state index is 12.9. The van der Waals surface area contributed by atoms with E-state index in [0.717, 1.165) is 17.0 Å². The number of hydrogen-bond donors (Lipinski definition) is 2. The number of aryl methyl sites for hydroxylation is 1. The standard InChI is InChI=1S/C20H19N5O2/c1-11(2)17-10-15(18-12(3)25-27-20(18)23-17)19(26)22-14-6-4-13(5-7-14)16-8-9-21-24-16/h4-11H,1-3H3,(H,21,24)(H,22,26). The summed E-state index contributed by atoms with van der Waals surface area (Å²) in [4.78, 5) is 17.4. The number of pyridine rings is 1. The number of aromatic nitrogens is 4. The average molecular weight is 361 g/mol. The number of amides is 1. The highest BCUT2D eigenvalue weighted by Gasteiger charge is 2.20. The van der Waals surface area contributed by atoms with Crippen LogP contribution in [0, 0.1) is 6.92 Å². The Bertz CT molecular complexity index is 1100. The fourth-order valence-electron chi connectivity index (χ4n) is 2.94. The Morgan fingerprint density at radius 3 is 2.63 bits per heavy atom. The van der Waals surface area contributed by atoms with Crippen LogP contribution in [0.5, 0.6) is 0 Å². The van der Waals surface area contributed by atoms with Gasteiger partial charge in [0.05, 0.1) is 22.3 Å². The molecule has 7 heteroatoms. The Morgan fingerprint density at radius 2 is 1.96 bits per heavy atom. The first kappa shape index (κ1) is 17.0. The molecule has 0 spiro atoms. The molecule has 1 aromatic carbocycles. The Morgan fingerprint density at radius 1 is 1.19 bits per heavy atom. The van der Waals surface area contributed by atoms with Gasteiger partial charge in [0.2, 0.25) is 0 Å². The van der Waals surface area contributed by atoms with E-state index < -0.39 is 0 Å². The normalized spacial score (nSPS) is 11.3. The number of hydrogen-bond acceptors (Lipinski definition) is 5. The first-order chi connectivity index (χ1) is 13.0. The van der Waals surface area contributed by atoms with E-state index in [1.807, 2.05) is 50.2 Å². The Balaban J connectivity index is 1.66. The molecule has 0 aliphatic rings. The molecule has 0 aliphatic carbocycles. The second-order valence-corrected chi connectivity index (χ2v) is 6.70. The summed E-state index contributed by atoms with van der Waals surface area (Å²) in [6, 6.07) is 11.3. The van der Waals surface area contributed by atoms with Gasteiger partial charge in [0.1, 0.15) is 0 Å². The number of nitrogens with zero attached hydrogens (tertiary/aromatic N) is 3. The van der Waals surface area contributed by atoms with E-state index in [0.29, 0.717) is 28.0 Å². The molecule has 7 nitrogen and oxygen atoms in total. The zero-order valence-corrected chi connectivity index (χ0v) is 15.3. The van der Waals surface area contributed by atoms with Crippen molar-refractivity contribution in [1.82, 2.24) is 20.3 Å². The summed E-state index contributed by atoms with van der Waals surface area (Å²) in [5.74, 6) is -0.0510. The van der Waals surface area contributed by atoms with Gasteiger partial charge in [-0.15, -0.1) is 0 Å². The van der Waals surface area contributed by atoms with E-state index in [1.165, 1.54) is 0 Å². The minimum atomic E-state index is -0.218. The van der Waals surface area contributed by atoms with Crippen LogP contribution >= 0.6 is 0 Å². The SMILES string of the molecule is Cc1noc2nc(C(C)C)cc(C(=O)Nc3ccc(-c4ccn[nH]4)cc3)c12. The molecule has 0 saturated heterocycles. The van der Waals surface area contributed by atoms with Crippen molar-refractivity contribution < 1.29 is 9.32 Å². The number of benzene rings is 1. The van der Waals surface area contributed by atoms with E-state index >= 15 is 0 Å². The summed E-state index contributed by atoms with van der Waals surface area (Å²) in [6.45, 7) is 5.85. The lowest BCUT2D eigenvalue weighted by atomic mass is 10.0. The molecule has 0 saturated carbocycles. The van der Waals surface area contributed by atoms with Gasteiger partial charge in [0.15, 0.2) is 0 Å². The molecule has 0 unspecified atom stereocenters. The van der Waals surface area contributed by atoms with Gasteiger partial charge in [0.25, 0.3) is 11.6 Å². The van der Waals surface area contributed by atoms with Crippen molar-refractivity contribution >= 4 is 22.7 Å². The predicted octanol–water partition coefficient (Wildman–Crippen LogP) is 4.30. The van der Waals surface area contributed by atoms with E-state index in [-0.39, 0.29) is 11.8 Å². The van der Waals surface area contributed by atoms with Crippen LogP contribution in [0.1, 0.15) is 41.5 Å². The number of anilines is 1. The maximum Gasteiger partial charge on any atom is 0.259 e. The molecule has 1 amide bonds. The molecule has 0 aliphatic heterocycles. The molecular formula is C20H19N5O2. The number of H-pyrrole nitrogens is 1. The summed E-state index contributed by atoms with van der Waals surface area (Å²) in [6.07, 6.45) is 1.70. The van der Waals surface area contributed by atoms with Crippen LogP contribution in [0.25, 0.3) is 22.4 Å². The Kier molecular flexibility index (Phi) is 4.19. The number of rotatable bonds is 4. The zero-order chi connectivity index (χ0) is 19.0. The average Bonchev–Trinajstić information content (AvgIpc) is 3.32. The van der Waals surface area contributed by atoms with Crippen LogP contribution in [0.15, 0.2) is 47.1 Å². The van der Waals surface area contributed by atoms with Crippen molar-refractivity contribution in [2.75, 3.05) is 5.32 Å². The maximum atomic E-state index is 12.9. The minimum Gasteiger partial charge on any atom is -0.336 e. The van der Waals surface area contributed by atoms with Crippen LogP contribution < -0.4 is 5.32 Å². The van der Waals surface area contributed by atoms with E-state index in [1.54, 1.807) is 13.1 Å². The molecule has 4 rings (SSSR count). The zero-order valence-electron chi connectivity index (χ0n) is 15.3. The van der Waals surface area contributed by atoms with Crippen LogP contribution in [0.4, 0.5) is 5.69 Å². The molecule has 3 heterocycles. The van der Waals surface area contributed by atoms with Gasteiger partial charge < -0.3 is 9.84 Å². The van der Waals surface area contributed by atoms with Gasteiger partial charge in [-0.25, -0.2) is 4.98 Å². The minimum absolute atomic E-state index is 0.167. The van der Waals surface area contributed by atoms with E-state index in [2.05, 4.69) is 25.7 Å². The quantitative estimate of drug-likeness (QED) is 0.565. The first-order valence-electron chi connectivity index (χ1n) is 8.71. The fourth-order valence-corrected chi connectivity index (χ4v) is 2.94. The van der Waals surface area contributed by atoms with Gasteiger partial charge in [-0.2, -0.15) is 5.10 Å². The summed E-state index contributed by atoms with van der Waals surface area (Å²) >= 11 is 0. The van der Waals surface area contributed by atoms with Gasteiger partial charge >= 0.3 is 0 Å². The monoisotopic (exact) mass is 361 g/mol.